The van der Waals surface area contributed by atoms with Crippen LogP contribution >= 0.6 is 0 Å². The molecule has 124 valence electrons. The lowest BCUT2D eigenvalue weighted by atomic mass is 9.84. The Bertz CT molecular complexity index is 464. The number of nitrogens with one attached hydrogen (secondary N) is 1. The Labute approximate surface area is 133 Å². The standard InChI is InChI=1S/C18H29NO3/c1-13(19-16-7-5-4-6-15(16)12-20)10-14-8-9-17(21-2)18(11-14)22-3/h8-9,11,13,15-16,19-20H,4-7,10,12H2,1-3H3/t13-,15-,16+/m1/s1. The summed E-state index contributed by atoms with van der Waals surface area (Å²) in [7, 11) is 3.32. The molecule has 0 spiro atoms. The predicted molar refractivity (Wildman–Crippen MR) is 88.7 cm³/mol. The molecule has 4 heteroatoms. The van der Waals surface area contributed by atoms with Crippen LogP contribution in [0, 0.1) is 5.92 Å². The van der Waals surface area contributed by atoms with E-state index < -0.39 is 0 Å². The molecule has 1 aliphatic rings. The van der Waals surface area contributed by atoms with Crippen LogP contribution < -0.4 is 14.8 Å². The molecule has 0 saturated heterocycles. The van der Waals surface area contributed by atoms with Gasteiger partial charge in [-0.3, -0.25) is 0 Å². The molecule has 1 fully saturated rings. The molecule has 0 bridgehead atoms. The summed E-state index contributed by atoms with van der Waals surface area (Å²) in [5.74, 6) is 1.94. The van der Waals surface area contributed by atoms with E-state index >= 15 is 0 Å². The molecule has 4 nitrogen and oxygen atoms in total. The number of methoxy groups -OCH3 is 2. The van der Waals surface area contributed by atoms with E-state index in [1.807, 2.05) is 12.1 Å². The molecule has 0 radical (unpaired) electrons. The first kappa shape index (κ1) is 17.1. The van der Waals surface area contributed by atoms with Crippen LogP contribution in [0.3, 0.4) is 0 Å². The van der Waals surface area contributed by atoms with Crippen LogP contribution in [0.4, 0.5) is 0 Å². The Morgan fingerprint density at radius 1 is 1.18 bits per heavy atom. The van der Waals surface area contributed by atoms with Gasteiger partial charge in [0.1, 0.15) is 0 Å². The van der Waals surface area contributed by atoms with Crippen molar-refractivity contribution < 1.29 is 14.6 Å². The summed E-state index contributed by atoms with van der Waals surface area (Å²) in [4.78, 5) is 0. The maximum atomic E-state index is 9.52. The van der Waals surface area contributed by atoms with Crippen molar-refractivity contribution in [3.63, 3.8) is 0 Å². The van der Waals surface area contributed by atoms with Gasteiger partial charge < -0.3 is 19.9 Å². The van der Waals surface area contributed by atoms with Crippen molar-refractivity contribution >= 4 is 0 Å². The number of ether oxygens (including phenoxy) is 2. The second-order valence-corrected chi connectivity index (χ2v) is 6.29. The van der Waals surface area contributed by atoms with Crippen LogP contribution in [0.5, 0.6) is 11.5 Å². The Morgan fingerprint density at radius 2 is 1.91 bits per heavy atom. The van der Waals surface area contributed by atoms with E-state index in [0.29, 0.717) is 24.6 Å². The van der Waals surface area contributed by atoms with E-state index in [9.17, 15) is 5.11 Å². The maximum Gasteiger partial charge on any atom is 0.160 e. The summed E-state index contributed by atoms with van der Waals surface area (Å²) in [6, 6.07) is 6.90. The van der Waals surface area contributed by atoms with Gasteiger partial charge in [-0.05, 0) is 49.8 Å². The zero-order chi connectivity index (χ0) is 15.9. The first-order valence-electron chi connectivity index (χ1n) is 8.25. The average Bonchev–Trinajstić information content (AvgIpc) is 2.55. The van der Waals surface area contributed by atoms with E-state index in [0.717, 1.165) is 24.3 Å². The third kappa shape index (κ3) is 4.37. The minimum atomic E-state index is 0.292. The molecule has 1 aliphatic carbocycles. The van der Waals surface area contributed by atoms with Crippen molar-refractivity contribution in [3.05, 3.63) is 23.8 Å². The summed E-state index contributed by atoms with van der Waals surface area (Å²) in [5.41, 5.74) is 1.23. The third-order valence-corrected chi connectivity index (χ3v) is 4.63. The van der Waals surface area contributed by atoms with Crippen LogP contribution in [0.15, 0.2) is 18.2 Å². The molecular formula is C18H29NO3. The molecule has 0 amide bonds. The molecule has 3 atom stereocenters. The average molecular weight is 307 g/mol. The highest BCUT2D eigenvalue weighted by molar-refractivity contribution is 5.43. The summed E-state index contributed by atoms with van der Waals surface area (Å²) >= 11 is 0. The Morgan fingerprint density at radius 3 is 2.59 bits per heavy atom. The monoisotopic (exact) mass is 307 g/mol. The Hall–Kier alpha value is -1.26. The van der Waals surface area contributed by atoms with Crippen molar-refractivity contribution in [2.45, 2.75) is 51.1 Å². The molecular weight excluding hydrogens is 278 g/mol. The second kappa shape index (κ2) is 8.39. The molecule has 0 aliphatic heterocycles. The third-order valence-electron chi connectivity index (χ3n) is 4.63. The van der Waals surface area contributed by atoms with Gasteiger partial charge in [0.2, 0.25) is 0 Å². The van der Waals surface area contributed by atoms with E-state index in [2.05, 4.69) is 18.3 Å². The normalized spacial score (nSPS) is 23.1. The second-order valence-electron chi connectivity index (χ2n) is 6.29. The first-order chi connectivity index (χ1) is 10.7. The van der Waals surface area contributed by atoms with Crippen LogP contribution in [0.25, 0.3) is 0 Å². The molecule has 2 N–H and O–H groups in total. The predicted octanol–water partition coefficient (Wildman–Crippen LogP) is 2.78. The number of hydrogen-bond acceptors (Lipinski definition) is 4. The van der Waals surface area contributed by atoms with Crippen molar-refractivity contribution in [2.75, 3.05) is 20.8 Å². The Balaban J connectivity index is 1.95. The Kier molecular flexibility index (Phi) is 6.52. The van der Waals surface area contributed by atoms with E-state index in [-0.39, 0.29) is 0 Å². The largest absolute Gasteiger partial charge is 0.493 e. The van der Waals surface area contributed by atoms with Gasteiger partial charge in [-0.1, -0.05) is 18.9 Å². The number of benzene rings is 1. The zero-order valence-corrected chi connectivity index (χ0v) is 14.0. The summed E-state index contributed by atoms with van der Waals surface area (Å²) in [6.45, 7) is 2.50. The lowest BCUT2D eigenvalue weighted by Gasteiger charge is -2.33. The van der Waals surface area contributed by atoms with E-state index in [1.165, 1.54) is 24.8 Å². The highest BCUT2D eigenvalue weighted by atomic mass is 16.5. The van der Waals surface area contributed by atoms with Crippen LogP contribution in [0.2, 0.25) is 0 Å². The quantitative estimate of drug-likeness (QED) is 0.813. The summed E-state index contributed by atoms with van der Waals surface area (Å²) in [6.07, 6.45) is 5.75. The van der Waals surface area contributed by atoms with Gasteiger partial charge in [0.25, 0.3) is 0 Å². The lowest BCUT2D eigenvalue weighted by molar-refractivity contribution is 0.147. The topological polar surface area (TPSA) is 50.7 Å². The molecule has 1 aromatic rings. The smallest absolute Gasteiger partial charge is 0.160 e. The minimum absolute atomic E-state index is 0.292. The fourth-order valence-electron chi connectivity index (χ4n) is 3.43. The van der Waals surface area contributed by atoms with Gasteiger partial charge in [-0.2, -0.15) is 0 Å². The molecule has 0 aromatic heterocycles. The SMILES string of the molecule is COc1ccc(C[C@@H](C)N[C@H]2CCCC[C@@H]2CO)cc1OC. The van der Waals surface area contributed by atoms with Gasteiger partial charge in [-0.25, -0.2) is 0 Å². The van der Waals surface area contributed by atoms with Gasteiger partial charge >= 0.3 is 0 Å². The lowest BCUT2D eigenvalue weighted by Crippen LogP contribution is -2.45. The highest BCUT2D eigenvalue weighted by Gasteiger charge is 2.25. The summed E-state index contributed by atoms with van der Waals surface area (Å²) < 4.78 is 10.6. The molecule has 0 unspecified atom stereocenters. The van der Waals surface area contributed by atoms with Gasteiger partial charge in [0.05, 0.1) is 14.2 Å². The van der Waals surface area contributed by atoms with E-state index in [4.69, 9.17) is 9.47 Å². The molecule has 1 saturated carbocycles. The van der Waals surface area contributed by atoms with Crippen molar-refractivity contribution in [1.82, 2.24) is 5.32 Å². The summed E-state index contributed by atoms with van der Waals surface area (Å²) in [5, 5.41) is 13.2. The fourth-order valence-corrected chi connectivity index (χ4v) is 3.43. The van der Waals surface area contributed by atoms with Gasteiger partial charge in [-0.15, -0.1) is 0 Å². The fraction of sp³-hybridized carbons (Fsp3) is 0.667. The number of rotatable bonds is 7. The van der Waals surface area contributed by atoms with E-state index in [1.54, 1.807) is 14.2 Å². The van der Waals surface area contributed by atoms with Gasteiger partial charge in [0.15, 0.2) is 11.5 Å². The maximum absolute atomic E-state index is 9.52. The van der Waals surface area contributed by atoms with Crippen LogP contribution in [-0.2, 0) is 6.42 Å². The number of aliphatic hydroxyl groups is 1. The molecule has 1 aromatic carbocycles. The molecule has 22 heavy (non-hydrogen) atoms. The van der Waals surface area contributed by atoms with Crippen molar-refractivity contribution in [2.24, 2.45) is 5.92 Å². The van der Waals surface area contributed by atoms with Gasteiger partial charge in [0, 0.05) is 18.7 Å². The zero-order valence-electron chi connectivity index (χ0n) is 14.0. The van der Waals surface area contributed by atoms with Crippen LogP contribution in [-0.4, -0.2) is 38.0 Å². The highest BCUT2D eigenvalue weighted by Crippen LogP contribution is 2.28. The van der Waals surface area contributed by atoms with Crippen molar-refractivity contribution in [3.8, 4) is 11.5 Å². The molecule has 0 heterocycles. The van der Waals surface area contributed by atoms with Crippen molar-refractivity contribution in [1.29, 1.82) is 0 Å². The van der Waals surface area contributed by atoms with Crippen LogP contribution in [0.1, 0.15) is 38.2 Å². The first-order valence-corrected chi connectivity index (χ1v) is 8.25. The molecule has 2 rings (SSSR count). The number of aliphatic hydroxyl groups excluding tert-OH is 1. The number of hydrogen-bond donors (Lipinski definition) is 2. The minimum Gasteiger partial charge on any atom is -0.493 e.